The van der Waals surface area contributed by atoms with Gasteiger partial charge in [0.15, 0.2) is 36.4 Å². The zero-order valence-corrected chi connectivity index (χ0v) is 41.9. The van der Waals surface area contributed by atoms with Gasteiger partial charge in [-0.25, -0.2) is 19.6 Å². The molecule has 9 aliphatic heterocycles. The summed E-state index contributed by atoms with van der Waals surface area (Å²) in [7, 11) is 1.66. The van der Waals surface area contributed by atoms with Crippen LogP contribution in [-0.4, -0.2) is 127 Å². The second kappa shape index (κ2) is 19.4. The van der Waals surface area contributed by atoms with Crippen molar-refractivity contribution < 1.29 is 52.7 Å². The number of anilines is 4. The van der Waals surface area contributed by atoms with Crippen molar-refractivity contribution in [2.75, 3.05) is 75.1 Å². The molecule has 0 amide bonds. The second-order valence-electron chi connectivity index (χ2n) is 22.2. The first-order valence-electron chi connectivity index (χ1n) is 26.4. The number of benzene rings is 1. The Morgan fingerprint density at radius 2 is 1.20 bits per heavy atom. The van der Waals surface area contributed by atoms with Crippen LogP contribution in [0.4, 0.5) is 23.5 Å². The second-order valence-corrected chi connectivity index (χ2v) is 22.2. The molecule has 18 nitrogen and oxygen atoms in total. The molecule has 382 valence electrons. The lowest BCUT2D eigenvalue weighted by atomic mass is 9.58. The van der Waals surface area contributed by atoms with Crippen LogP contribution < -0.4 is 20.3 Å². The fraction of sp³-hybridized carbons (Fsp3) is 0.824. The number of ether oxygens (including phenoxy) is 7. The Morgan fingerprint density at radius 3 is 1.75 bits per heavy atom. The summed E-state index contributed by atoms with van der Waals surface area (Å²) in [5, 5.41) is 6.95. The number of rotatable bonds is 16. The van der Waals surface area contributed by atoms with E-state index in [1.165, 1.54) is 6.42 Å². The largest absolute Gasteiger partial charge is 0.497 e. The van der Waals surface area contributed by atoms with Gasteiger partial charge in [0.2, 0.25) is 29.4 Å². The fourth-order valence-electron chi connectivity index (χ4n) is 13.9. The van der Waals surface area contributed by atoms with E-state index in [1.807, 2.05) is 38.1 Å². The van der Waals surface area contributed by atoms with Crippen LogP contribution in [0.1, 0.15) is 112 Å². The van der Waals surface area contributed by atoms with Gasteiger partial charge in [0.05, 0.1) is 20.3 Å². The molecule has 10 heterocycles. The standard InChI is InChI=1S/C51H77N7O11/c1-31-11-17-39-33(3)41(62-43-50(39)37(31)19-21-48(5,64-43)66-68-50)60-29-27-57(28-30-61-42-34(4)40-18-12-32(2)38-20-22-49(6)65-44(63-42)51(38,40)69-67-49)26-23-52-45-54-46(53-35-13-15-36(59-7)16-14-35)56-47(55-45)58-24-9-8-10-25-58/h13-16,31-34,37-44H,8-12,17-30H2,1-7H3,(H2,52,53,54,55,56)/t31-,32-,33-,34-,37+,38+,39+,40+,41+,42+,43-,44-,48-,49-,50-,51-/m1/s1. The number of aromatic nitrogens is 3. The molecule has 2 N–H and O–H groups in total. The Balaban J connectivity index is 0.782. The molecule has 0 radical (unpaired) electrons. The Morgan fingerprint density at radius 1 is 0.652 bits per heavy atom. The molecule has 18 heteroatoms. The molecular weight excluding hydrogens is 887 g/mol. The summed E-state index contributed by atoms with van der Waals surface area (Å²) in [4.78, 5) is 44.2. The molecule has 9 saturated heterocycles. The molecule has 11 fully saturated rings. The molecule has 1 aromatic heterocycles. The number of nitrogens with one attached hydrogen (secondary N) is 2. The highest BCUT2D eigenvalue weighted by atomic mass is 17.3. The van der Waals surface area contributed by atoms with Gasteiger partial charge in [-0.1, -0.05) is 27.7 Å². The van der Waals surface area contributed by atoms with Crippen molar-refractivity contribution in [3.63, 3.8) is 0 Å². The predicted octanol–water partition coefficient (Wildman–Crippen LogP) is 7.78. The van der Waals surface area contributed by atoms with E-state index < -0.39 is 47.9 Å². The molecule has 2 aliphatic carbocycles. The first-order chi connectivity index (χ1) is 33.4. The SMILES string of the molecule is COc1ccc(Nc2nc(NCCN(CCO[C@H]3O[C@@H]4O[C@@]5(C)CC[C@H]6[C@H](C)CC[C@@H]([C@H]3C)[C@@]46OO5)CCO[C@H]3O[C@@H]4O[C@@]5(C)CC[C@H]6[C@H](C)CC[C@@H]([C@H]3C)[C@@]46OO5)nc(N3CCCCC3)n2)cc1. The van der Waals surface area contributed by atoms with Crippen LogP contribution in [0, 0.1) is 47.3 Å². The maximum Gasteiger partial charge on any atom is 0.233 e. The first kappa shape index (κ1) is 48.3. The topological polar surface area (TPSA) is 171 Å². The Kier molecular flexibility index (Phi) is 13.6. The van der Waals surface area contributed by atoms with Crippen LogP contribution in [0.3, 0.4) is 0 Å². The number of hydrogen-bond donors (Lipinski definition) is 2. The van der Waals surface area contributed by atoms with E-state index in [0.717, 1.165) is 88.7 Å². The lowest BCUT2D eigenvalue weighted by Gasteiger charge is -2.60. The van der Waals surface area contributed by atoms with Crippen molar-refractivity contribution in [2.24, 2.45) is 47.3 Å². The molecule has 2 spiro atoms. The number of nitrogens with zero attached hydrogens (tertiary/aromatic N) is 5. The lowest BCUT2D eigenvalue weighted by Crippen LogP contribution is -2.70. The first-order valence-corrected chi connectivity index (χ1v) is 26.4. The Hall–Kier alpha value is -3.01. The zero-order valence-electron chi connectivity index (χ0n) is 41.9. The highest BCUT2D eigenvalue weighted by Gasteiger charge is 2.71. The quantitative estimate of drug-likeness (QED) is 0.156. The van der Waals surface area contributed by atoms with Crippen molar-refractivity contribution in [1.82, 2.24) is 19.9 Å². The van der Waals surface area contributed by atoms with Gasteiger partial charge in [-0.15, -0.1) is 0 Å². The van der Waals surface area contributed by atoms with Crippen molar-refractivity contribution in [3.05, 3.63) is 24.3 Å². The summed E-state index contributed by atoms with van der Waals surface area (Å²) in [6.07, 6.45) is 9.23. The Bertz CT molecular complexity index is 2010. The van der Waals surface area contributed by atoms with Crippen LogP contribution >= 0.6 is 0 Å². The molecule has 2 saturated carbocycles. The summed E-state index contributed by atoms with van der Waals surface area (Å²) in [6, 6.07) is 7.74. The van der Waals surface area contributed by atoms with E-state index in [9.17, 15) is 0 Å². The monoisotopic (exact) mass is 964 g/mol. The van der Waals surface area contributed by atoms with Gasteiger partial charge in [0.1, 0.15) is 5.75 Å². The average molecular weight is 964 g/mol. The van der Waals surface area contributed by atoms with Gasteiger partial charge in [0.25, 0.3) is 0 Å². The molecule has 1 aromatic carbocycles. The summed E-state index contributed by atoms with van der Waals surface area (Å²) >= 11 is 0. The molecule has 69 heavy (non-hydrogen) atoms. The van der Waals surface area contributed by atoms with E-state index in [-0.39, 0.29) is 23.7 Å². The molecule has 2 aromatic rings. The fourth-order valence-corrected chi connectivity index (χ4v) is 13.9. The maximum absolute atomic E-state index is 6.80. The van der Waals surface area contributed by atoms with Crippen molar-refractivity contribution >= 4 is 23.5 Å². The van der Waals surface area contributed by atoms with Gasteiger partial charge >= 0.3 is 0 Å². The third-order valence-corrected chi connectivity index (χ3v) is 17.9. The van der Waals surface area contributed by atoms with Gasteiger partial charge in [-0.2, -0.15) is 15.0 Å². The molecular formula is C51H77N7O11. The smallest absolute Gasteiger partial charge is 0.233 e. The maximum atomic E-state index is 6.80. The summed E-state index contributed by atoms with van der Waals surface area (Å²) in [6.45, 7) is 18.3. The van der Waals surface area contributed by atoms with Gasteiger partial charge in [-0.3, -0.25) is 4.90 Å². The van der Waals surface area contributed by atoms with E-state index in [4.69, 9.17) is 67.7 Å². The molecule has 4 bridgehead atoms. The summed E-state index contributed by atoms with van der Waals surface area (Å²) in [5.74, 6) is 2.86. The van der Waals surface area contributed by atoms with Gasteiger partial charge in [0, 0.05) is 81.5 Å². The molecule has 16 atom stereocenters. The van der Waals surface area contributed by atoms with Crippen LogP contribution in [-0.2, 0) is 48.0 Å². The van der Waals surface area contributed by atoms with E-state index in [2.05, 4.69) is 48.1 Å². The van der Waals surface area contributed by atoms with Gasteiger partial charge < -0.3 is 48.7 Å². The number of hydrogen-bond acceptors (Lipinski definition) is 18. The molecule has 13 rings (SSSR count). The number of piperidine rings is 1. The Labute approximate surface area is 407 Å². The van der Waals surface area contributed by atoms with Crippen LogP contribution in [0.2, 0.25) is 0 Å². The minimum Gasteiger partial charge on any atom is -0.497 e. The third-order valence-electron chi connectivity index (χ3n) is 17.9. The normalized spacial score (nSPS) is 42.3. The third kappa shape index (κ3) is 9.03. The molecule has 0 unspecified atom stereocenters. The summed E-state index contributed by atoms with van der Waals surface area (Å²) in [5.41, 5.74) is -0.414. The molecule has 11 aliphatic rings. The minimum absolute atomic E-state index is 0.0803. The van der Waals surface area contributed by atoms with Crippen LogP contribution in [0.25, 0.3) is 0 Å². The number of fused-ring (bicyclic) bond motifs is 4. The average Bonchev–Trinajstić information content (AvgIpc) is 3.73. The highest BCUT2D eigenvalue weighted by Crippen LogP contribution is 2.62. The highest BCUT2D eigenvalue weighted by molar-refractivity contribution is 5.57. The van der Waals surface area contributed by atoms with E-state index in [0.29, 0.717) is 80.9 Å². The van der Waals surface area contributed by atoms with Gasteiger partial charge in [-0.05, 0) is 120 Å². The number of methoxy groups -OCH3 is 1. The minimum atomic E-state index is -0.843. The van der Waals surface area contributed by atoms with Crippen molar-refractivity contribution in [1.29, 1.82) is 0 Å². The van der Waals surface area contributed by atoms with Crippen molar-refractivity contribution in [2.45, 2.75) is 160 Å². The van der Waals surface area contributed by atoms with Crippen LogP contribution in [0.5, 0.6) is 5.75 Å². The van der Waals surface area contributed by atoms with Crippen molar-refractivity contribution in [3.8, 4) is 5.75 Å². The van der Waals surface area contributed by atoms with Crippen LogP contribution in [0.15, 0.2) is 24.3 Å². The summed E-state index contributed by atoms with van der Waals surface area (Å²) < 4.78 is 45.8. The lowest BCUT2D eigenvalue weighted by molar-refractivity contribution is -0.577. The zero-order chi connectivity index (χ0) is 47.5. The predicted molar refractivity (Wildman–Crippen MR) is 253 cm³/mol. The van der Waals surface area contributed by atoms with E-state index in [1.54, 1.807) is 7.11 Å². The van der Waals surface area contributed by atoms with E-state index >= 15 is 0 Å².